The molecular formula is C26H30N6O4. The van der Waals surface area contributed by atoms with Crippen LogP contribution in [0.3, 0.4) is 0 Å². The number of nitrogens with zero attached hydrogens (tertiary/aromatic N) is 5. The van der Waals surface area contributed by atoms with Crippen molar-refractivity contribution in [1.82, 2.24) is 14.9 Å². The Morgan fingerprint density at radius 1 is 1.39 bits per heavy atom. The molecule has 1 aromatic carbocycles. The highest BCUT2D eigenvalue weighted by molar-refractivity contribution is 5.88. The molecule has 2 amide bonds. The molecule has 188 valence electrons. The minimum atomic E-state index is -0.345. The van der Waals surface area contributed by atoms with Gasteiger partial charge in [0.05, 0.1) is 37.9 Å². The number of hydrogen-bond donors (Lipinski definition) is 1. The van der Waals surface area contributed by atoms with Crippen molar-refractivity contribution in [1.29, 1.82) is 5.26 Å². The predicted octanol–water partition coefficient (Wildman–Crippen LogP) is 2.45. The number of aromatic nitrogens is 2. The number of nitriles is 1. The number of para-hydroxylation sites is 1. The van der Waals surface area contributed by atoms with Crippen LogP contribution in [-0.4, -0.2) is 66.6 Å². The van der Waals surface area contributed by atoms with Crippen molar-refractivity contribution in [3.63, 3.8) is 0 Å². The average Bonchev–Trinajstić information content (AvgIpc) is 2.89. The number of hydrogen-bond acceptors (Lipinski definition) is 8. The second-order valence-corrected chi connectivity index (χ2v) is 9.15. The van der Waals surface area contributed by atoms with E-state index in [9.17, 15) is 14.9 Å². The zero-order chi connectivity index (χ0) is 25.7. The number of carbonyl (C=O) groups is 2. The summed E-state index contributed by atoms with van der Waals surface area (Å²) in [5.41, 5.74) is 1.93. The minimum Gasteiger partial charge on any atom is -0.493 e. The van der Waals surface area contributed by atoms with Crippen molar-refractivity contribution in [3.8, 4) is 17.8 Å². The van der Waals surface area contributed by atoms with Crippen molar-refractivity contribution in [2.45, 2.75) is 37.6 Å². The molecule has 1 N–H and O–H groups in total. The maximum absolute atomic E-state index is 12.3. The van der Waals surface area contributed by atoms with Gasteiger partial charge in [0.25, 0.3) is 0 Å². The number of benzene rings is 1. The van der Waals surface area contributed by atoms with E-state index in [0.717, 1.165) is 17.7 Å². The summed E-state index contributed by atoms with van der Waals surface area (Å²) in [7, 11) is 1.50. The lowest BCUT2D eigenvalue weighted by Gasteiger charge is -2.41. The summed E-state index contributed by atoms with van der Waals surface area (Å²) in [5.74, 6) is 1.13. The van der Waals surface area contributed by atoms with E-state index in [-0.39, 0.29) is 29.8 Å². The van der Waals surface area contributed by atoms with Gasteiger partial charge in [-0.2, -0.15) is 15.2 Å². The highest BCUT2D eigenvalue weighted by Crippen LogP contribution is 2.43. The van der Waals surface area contributed by atoms with Gasteiger partial charge < -0.3 is 24.6 Å². The number of ether oxygens (including phenoxy) is 2. The van der Waals surface area contributed by atoms with Crippen LogP contribution in [0.15, 0.2) is 36.9 Å². The molecular weight excluding hydrogens is 460 g/mol. The molecule has 1 aromatic heterocycles. The maximum atomic E-state index is 12.3. The number of amides is 2. The van der Waals surface area contributed by atoms with E-state index in [1.807, 2.05) is 23.1 Å². The highest BCUT2D eigenvalue weighted by atomic mass is 16.5. The van der Waals surface area contributed by atoms with Gasteiger partial charge in [0.1, 0.15) is 11.4 Å². The zero-order valence-electron chi connectivity index (χ0n) is 20.6. The third-order valence-electron chi connectivity index (χ3n) is 6.90. The molecule has 2 atom stereocenters. The Morgan fingerprint density at radius 2 is 2.19 bits per heavy atom. The molecule has 10 heteroatoms. The Hall–Kier alpha value is -4.13. The smallest absolute Gasteiger partial charge is 0.318 e. The lowest BCUT2D eigenvalue weighted by atomic mass is 9.74. The van der Waals surface area contributed by atoms with Gasteiger partial charge in [0.2, 0.25) is 12.3 Å². The zero-order valence-corrected chi connectivity index (χ0v) is 20.6. The Morgan fingerprint density at radius 3 is 2.92 bits per heavy atom. The first-order valence-corrected chi connectivity index (χ1v) is 11.9. The van der Waals surface area contributed by atoms with E-state index >= 15 is 0 Å². The predicted molar refractivity (Wildman–Crippen MR) is 134 cm³/mol. The maximum Gasteiger partial charge on any atom is 0.318 e. The number of rotatable bonds is 8. The fourth-order valence-electron chi connectivity index (χ4n) is 5.03. The van der Waals surface area contributed by atoms with Gasteiger partial charge in [-0.3, -0.25) is 9.59 Å². The molecule has 3 heterocycles. The van der Waals surface area contributed by atoms with Gasteiger partial charge in [-0.15, -0.1) is 0 Å². The first-order chi connectivity index (χ1) is 17.4. The molecule has 2 aliphatic rings. The summed E-state index contributed by atoms with van der Waals surface area (Å²) >= 11 is 0. The van der Waals surface area contributed by atoms with Gasteiger partial charge in [-0.05, 0) is 18.6 Å². The first-order valence-electron chi connectivity index (χ1n) is 11.9. The first kappa shape index (κ1) is 25.0. The summed E-state index contributed by atoms with van der Waals surface area (Å²) in [6.45, 7) is 7.54. The third kappa shape index (κ3) is 4.82. The average molecular weight is 491 g/mol. The molecule has 0 saturated carbocycles. The van der Waals surface area contributed by atoms with E-state index in [1.165, 1.54) is 13.2 Å². The number of anilines is 2. The van der Waals surface area contributed by atoms with Gasteiger partial charge in [-0.25, -0.2) is 0 Å². The van der Waals surface area contributed by atoms with Crippen molar-refractivity contribution >= 4 is 23.8 Å². The van der Waals surface area contributed by atoms with E-state index in [1.54, 1.807) is 4.90 Å². The van der Waals surface area contributed by atoms with Crippen LogP contribution in [0.4, 0.5) is 11.5 Å². The molecule has 0 bridgehead atoms. The van der Waals surface area contributed by atoms with Crippen LogP contribution < -0.4 is 19.7 Å². The Balaban J connectivity index is 1.74. The van der Waals surface area contributed by atoms with E-state index in [2.05, 4.69) is 40.9 Å². The molecule has 2 aromatic rings. The molecule has 2 unspecified atom stereocenters. The second kappa shape index (κ2) is 10.6. The summed E-state index contributed by atoms with van der Waals surface area (Å²) in [6, 6.07) is 9.96. The lowest BCUT2D eigenvalue weighted by Crippen LogP contribution is -2.55. The van der Waals surface area contributed by atoms with Gasteiger partial charge in [0, 0.05) is 37.0 Å². The van der Waals surface area contributed by atoms with E-state index < -0.39 is 0 Å². The number of fused-ring (bicyclic) bond motifs is 1. The molecule has 10 nitrogen and oxygen atoms in total. The fraction of sp³-hybridized carbons (Fsp3) is 0.423. The molecule has 0 radical (unpaired) electrons. The van der Waals surface area contributed by atoms with E-state index in [4.69, 9.17) is 9.47 Å². The Kier molecular flexibility index (Phi) is 7.38. The summed E-state index contributed by atoms with van der Waals surface area (Å²) in [6.07, 6.45) is 3.33. The number of piperazine rings is 1. The summed E-state index contributed by atoms with van der Waals surface area (Å²) < 4.78 is 11.3. The van der Waals surface area contributed by atoms with Crippen LogP contribution in [0.5, 0.6) is 11.8 Å². The fourth-order valence-corrected chi connectivity index (χ4v) is 5.03. The minimum absolute atomic E-state index is 0.163. The van der Waals surface area contributed by atoms with Crippen molar-refractivity contribution in [2.75, 3.05) is 43.6 Å². The van der Waals surface area contributed by atoms with Crippen LogP contribution in [0.25, 0.3) is 0 Å². The van der Waals surface area contributed by atoms with E-state index in [0.29, 0.717) is 56.3 Å². The van der Waals surface area contributed by atoms with Crippen LogP contribution in [-0.2, 0) is 21.4 Å². The number of carbonyl (C=O) groups excluding carboxylic acids is 2. The lowest BCUT2D eigenvalue weighted by molar-refractivity contribution is -0.128. The summed E-state index contributed by atoms with van der Waals surface area (Å²) in [5, 5.41) is 12.2. The molecule has 1 fully saturated rings. The van der Waals surface area contributed by atoms with Crippen LogP contribution in [0.1, 0.15) is 31.0 Å². The van der Waals surface area contributed by atoms with Crippen molar-refractivity contribution in [3.05, 3.63) is 48.2 Å². The Labute approximate surface area is 210 Å². The van der Waals surface area contributed by atoms with Gasteiger partial charge >= 0.3 is 6.01 Å². The van der Waals surface area contributed by atoms with Crippen LogP contribution in [0.2, 0.25) is 0 Å². The standard InChI is InChI=1S/C26H30N6O4/c1-4-22(34)32-13-12-31(16-18(32)9-11-27)24-23(28-17-33)20(29-25(30-24)35-3)15-26(2)10-14-36-21-8-6-5-7-19(21)26/h4-8,17-18H,1,9-10,12-16H2,2-3H3,(H,28,33). The number of nitrogens with one attached hydrogen (secondary N) is 1. The summed E-state index contributed by atoms with van der Waals surface area (Å²) in [4.78, 5) is 36.9. The molecule has 36 heavy (non-hydrogen) atoms. The third-order valence-corrected chi connectivity index (χ3v) is 6.90. The molecule has 1 saturated heterocycles. The van der Waals surface area contributed by atoms with Crippen LogP contribution in [0, 0.1) is 11.3 Å². The highest BCUT2D eigenvalue weighted by Gasteiger charge is 2.37. The van der Waals surface area contributed by atoms with Gasteiger partial charge in [0.15, 0.2) is 5.82 Å². The molecule has 4 rings (SSSR count). The largest absolute Gasteiger partial charge is 0.493 e. The topological polar surface area (TPSA) is 121 Å². The SMILES string of the molecule is C=CC(=O)N1CCN(c2nc(OC)nc(CC3(C)CCOc4ccccc43)c2NC=O)CC1CC#N. The monoisotopic (exact) mass is 490 g/mol. The normalized spacial score (nSPS) is 21.0. The molecule has 0 aliphatic carbocycles. The van der Waals surface area contributed by atoms with Gasteiger partial charge in [-0.1, -0.05) is 31.7 Å². The quantitative estimate of drug-likeness (QED) is 0.443. The Bertz CT molecular complexity index is 1200. The second-order valence-electron chi connectivity index (χ2n) is 9.15. The molecule has 0 spiro atoms. The van der Waals surface area contributed by atoms with Crippen molar-refractivity contribution in [2.24, 2.45) is 0 Å². The van der Waals surface area contributed by atoms with Crippen LogP contribution >= 0.6 is 0 Å². The number of methoxy groups -OCH3 is 1. The van der Waals surface area contributed by atoms with Crippen molar-refractivity contribution < 1.29 is 19.1 Å². The molecule has 2 aliphatic heterocycles.